The van der Waals surface area contributed by atoms with E-state index in [-0.39, 0.29) is 5.82 Å². The third-order valence-electron chi connectivity index (χ3n) is 2.81. The molecule has 0 saturated carbocycles. The van der Waals surface area contributed by atoms with Gasteiger partial charge in [0.05, 0.1) is 5.01 Å². The lowest BCUT2D eigenvalue weighted by atomic mass is 10.1. The summed E-state index contributed by atoms with van der Waals surface area (Å²) in [5.41, 5.74) is 0.907. The van der Waals surface area contributed by atoms with Crippen molar-refractivity contribution in [1.29, 1.82) is 0 Å². The number of aromatic nitrogens is 1. The van der Waals surface area contributed by atoms with Gasteiger partial charge in [-0.2, -0.15) is 0 Å². The van der Waals surface area contributed by atoms with Gasteiger partial charge in [-0.15, -0.1) is 11.3 Å². The SMILES string of the molecule is CC(C)CNCc1cnc(Cc2ccc(F)cc2Cl)s1. The summed E-state index contributed by atoms with van der Waals surface area (Å²) in [5, 5.41) is 4.85. The first-order chi connectivity index (χ1) is 9.54. The molecule has 5 heteroatoms. The van der Waals surface area contributed by atoms with Crippen molar-refractivity contribution in [3.63, 3.8) is 0 Å². The van der Waals surface area contributed by atoms with Gasteiger partial charge in [-0.3, -0.25) is 0 Å². The Morgan fingerprint density at radius 2 is 2.20 bits per heavy atom. The number of hydrogen-bond acceptors (Lipinski definition) is 3. The number of halogens is 2. The maximum Gasteiger partial charge on any atom is 0.124 e. The summed E-state index contributed by atoms with van der Waals surface area (Å²) in [4.78, 5) is 5.61. The smallest absolute Gasteiger partial charge is 0.124 e. The molecule has 1 heterocycles. The van der Waals surface area contributed by atoms with Crippen LogP contribution in [0, 0.1) is 11.7 Å². The molecule has 0 atom stereocenters. The Morgan fingerprint density at radius 1 is 1.40 bits per heavy atom. The van der Waals surface area contributed by atoms with Gasteiger partial charge < -0.3 is 5.32 Å². The number of hydrogen-bond donors (Lipinski definition) is 1. The highest BCUT2D eigenvalue weighted by atomic mass is 35.5. The molecule has 1 aromatic carbocycles. The first kappa shape index (κ1) is 15.4. The normalized spacial score (nSPS) is 11.2. The molecular weight excluding hydrogens is 295 g/mol. The van der Waals surface area contributed by atoms with E-state index >= 15 is 0 Å². The van der Waals surface area contributed by atoms with E-state index in [1.54, 1.807) is 17.4 Å². The van der Waals surface area contributed by atoms with E-state index in [0.29, 0.717) is 17.4 Å². The maximum atomic E-state index is 13.0. The van der Waals surface area contributed by atoms with Crippen molar-refractivity contribution in [1.82, 2.24) is 10.3 Å². The van der Waals surface area contributed by atoms with Crippen LogP contribution in [0.4, 0.5) is 4.39 Å². The van der Waals surface area contributed by atoms with Crippen molar-refractivity contribution in [3.05, 3.63) is 50.7 Å². The van der Waals surface area contributed by atoms with Crippen molar-refractivity contribution in [2.75, 3.05) is 6.54 Å². The van der Waals surface area contributed by atoms with Gasteiger partial charge in [0.25, 0.3) is 0 Å². The zero-order valence-electron chi connectivity index (χ0n) is 11.6. The fraction of sp³-hybridized carbons (Fsp3) is 0.400. The van der Waals surface area contributed by atoms with Crippen LogP contribution in [0.15, 0.2) is 24.4 Å². The number of thiazole rings is 1. The first-order valence-electron chi connectivity index (χ1n) is 6.63. The van der Waals surface area contributed by atoms with Gasteiger partial charge in [-0.1, -0.05) is 31.5 Å². The Bertz CT molecular complexity index is 569. The van der Waals surface area contributed by atoms with E-state index in [1.165, 1.54) is 17.0 Å². The van der Waals surface area contributed by atoms with Crippen molar-refractivity contribution < 1.29 is 4.39 Å². The molecule has 1 aromatic heterocycles. The largest absolute Gasteiger partial charge is 0.312 e. The van der Waals surface area contributed by atoms with Crippen molar-refractivity contribution >= 4 is 22.9 Å². The summed E-state index contributed by atoms with van der Waals surface area (Å²) in [7, 11) is 0. The van der Waals surface area contributed by atoms with Gasteiger partial charge in [-0.25, -0.2) is 9.37 Å². The molecule has 0 amide bonds. The molecule has 0 aliphatic carbocycles. The Balaban J connectivity index is 1.95. The minimum absolute atomic E-state index is 0.309. The molecule has 1 N–H and O–H groups in total. The highest BCUT2D eigenvalue weighted by Crippen LogP contribution is 2.23. The van der Waals surface area contributed by atoms with Crippen LogP contribution in [0.25, 0.3) is 0 Å². The molecule has 0 aliphatic heterocycles. The predicted octanol–water partition coefficient (Wildman–Crippen LogP) is 4.27. The third kappa shape index (κ3) is 4.54. The maximum absolute atomic E-state index is 13.0. The molecule has 2 aromatic rings. The fourth-order valence-corrected chi connectivity index (χ4v) is 2.97. The monoisotopic (exact) mass is 312 g/mol. The molecule has 2 rings (SSSR count). The molecule has 0 spiro atoms. The van der Waals surface area contributed by atoms with E-state index in [1.807, 2.05) is 6.20 Å². The zero-order chi connectivity index (χ0) is 14.5. The molecule has 0 fully saturated rings. The lowest BCUT2D eigenvalue weighted by molar-refractivity contribution is 0.554. The van der Waals surface area contributed by atoms with Crippen LogP contribution in [0.3, 0.4) is 0 Å². The summed E-state index contributed by atoms with van der Waals surface area (Å²) in [6.07, 6.45) is 2.54. The highest BCUT2D eigenvalue weighted by Gasteiger charge is 2.07. The van der Waals surface area contributed by atoms with Gasteiger partial charge in [-0.05, 0) is 30.2 Å². The van der Waals surface area contributed by atoms with Crippen molar-refractivity contribution in [2.24, 2.45) is 5.92 Å². The first-order valence-corrected chi connectivity index (χ1v) is 7.82. The second-order valence-corrected chi connectivity index (χ2v) is 6.76. The molecule has 0 aliphatic rings. The second kappa shape index (κ2) is 7.16. The van der Waals surface area contributed by atoms with E-state index in [4.69, 9.17) is 11.6 Å². The summed E-state index contributed by atoms with van der Waals surface area (Å²) >= 11 is 7.70. The van der Waals surface area contributed by atoms with Gasteiger partial charge in [0.1, 0.15) is 5.82 Å². The molecule has 0 bridgehead atoms. The quantitative estimate of drug-likeness (QED) is 0.861. The second-order valence-electron chi connectivity index (χ2n) is 5.16. The van der Waals surface area contributed by atoms with Crippen molar-refractivity contribution in [3.8, 4) is 0 Å². The number of nitrogens with one attached hydrogen (secondary N) is 1. The number of rotatable bonds is 6. The van der Waals surface area contributed by atoms with Gasteiger partial charge in [0.2, 0.25) is 0 Å². The summed E-state index contributed by atoms with van der Waals surface area (Å²) in [5.74, 6) is 0.330. The van der Waals surface area contributed by atoms with Gasteiger partial charge in [0.15, 0.2) is 0 Å². The molecule has 20 heavy (non-hydrogen) atoms. The van der Waals surface area contributed by atoms with Crippen LogP contribution >= 0.6 is 22.9 Å². The lowest BCUT2D eigenvalue weighted by Gasteiger charge is -2.04. The molecule has 108 valence electrons. The van der Waals surface area contributed by atoms with E-state index in [2.05, 4.69) is 24.1 Å². The number of nitrogens with zero attached hydrogens (tertiary/aromatic N) is 1. The number of benzene rings is 1. The fourth-order valence-electron chi connectivity index (χ4n) is 1.82. The molecule has 0 saturated heterocycles. The zero-order valence-corrected chi connectivity index (χ0v) is 13.2. The average molecular weight is 313 g/mol. The lowest BCUT2D eigenvalue weighted by Crippen LogP contribution is -2.18. The van der Waals surface area contributed by atoms with Crippen molar-refractivity contribution in [2.45, 2.75) is 26.8 Å². The standard InChI is InChI=1S/C15H18ClFN2S/c1-10(2)7-18-8-13-9-19-15(20-13)5-11-3-4-12(17)6-14(11)16/h3-4,6,9-10,18H,5,7-8H2,1-2H3. The Hall–Kier alpha value is -0.970. The van der Waals surface area contributed by atoms with Gasteiger partial charge >= 0.3 is 0 Å². The van der Waals surface area contributed by atoms with E-state index in [0.717, 1.165) is 23.7 Å². The highest BCUT2D eigenvalue weighted by molar-refractivity contribution is 7.11. The molecular formula is C15H18ClFN2S. The summed E-state index contributed by atoms with van der Waals surface area (Å²) < 4.78 is 13.0. The van der Waals surface area contributed by atoms with Gasteiger partial charge in [0, 0.05) is 29.1 Å². The minimum atomic E-state index is -0.309. The molecule has 0 unspecified atom stereocenters. The minimum Gasteiger partial charge on any atom is -0.312 e. The summed E-state index contributed by atoms with van der Waals surface area (Å²) in [6.45, 7) is 6.20. The third-order valence-corrected chi connectivity index (χ3v) is 4.16. The predicted molar refractivity (Wildman–Crippen MR) is 82.9 cm³/mol. The van der Waals surface area contributed by atoms with Crippen LogP contribution in [0.1, 0.15) is 29.3 Å². The summed E-state index contributed by atoms with van der Waals surface area (Å²) in [6, 6.07) is 4.49. The van der Waals surface area contributed by atoms with Crippen LogP contribution in [0.5, 0.6) is 0 Å². The van der Waals surface area contributed by atoms with E-state index in [9.17, 15) is 4.39 Å². The van der Waals surface area contributed by atoms with Crippen LogP contribution < -0.4 is 5.32 Å². The topological polar surface area (TPSA) is 24.9 Å². The Morgan fingerprint density at radius 3 is 2.90 bits per heavy atom. The Labute approximate surface area is 128 Å². The van der Waals surface area contributed by atoms with Crippen LogP contribution in [-0.2, 0) is 13.0 Å². The van der Waals surface area contributed by atoms with Crippen LogP contribution in [0.2, 0.25) is 5.02 Å². The average Bonchev–Trinajstić information content (AvgIpc) is 2.80. The van der Waals surface area contributed by atoms with E-state index < -0.39 is 0 Å². The Kier molecular flexibility index (Phi) is 5.52. The molecule has 0 radical (unpaired) electrons. The van der Waals surface area contributed by atoms with Crippen LogP contribution in [-0.4, -0.2) is 11.5 Å². The molecule has 2 nitrogen and oxygen atoms in total.